The lowest BCUT2D eigenvalue weighted by Gasteiger charge is -2.39. The molecule has 0 N–H and O–H groups in total. The van der Waals surface area contributed by atoms with E-state index in [2.05, 4.69) is 0 Å². The van der Waals surface area contributed by atoms with Crippen LogP contribution < -0.4 is 4.90 Å². The van der Waals surface area contributed by atoms with E-state index in [1.807, 2.05) is 24.3 Å². The molecule has 0 bridgehead atoms. The first kappa shape index (κ1) is 16.6. The highest BCUT2D eigenvalue weighted by atomic mass is 32.2. The molecule has 2 aromatic rings. The highest BCUT2D eigenvalue weighted by Crippen LogP contribution is 2.32. The normalized spacial score (nSPS) is 19.5. The van der Waals surface area contributed by atoms with Crippen LogP contribution in [0.1, 0.15) is 18.4 Å². The monoisotopic (exact) mass is 378 g/mol. The van der Waals surface area contributed by atoms with Gasteiger partial charge in [0.2, 0.25) is 10.0 Å². The summed E-state index contributed by atoms with van der Waals surface area (Å²) in [7, 11) is -3.44. The number of nitrogens with zero attached hydrogens (tertiary/aromatic N) is 2. The van der Waals surface area contributed by atoms with Crippen LogP contribution in [0.4, 0.5) is 10.5 Å². The summed E-state index contributed by atoms with van der Waals surface area (Å²) in [5, 5.41) is 3.42. The van der Waals surface area contributed by atoms with Crippen molar-refractivity contribution in [3.05, 3.63) is 46.7 Å². The zero-order valence-corrected chi connectivity index (χ0v) is 15.1. The molecule has 6 nitrogen and oxygen atoms in total. The van der Waals surface area contributed by atoms with Crippen molar-refractivity contribution >= 4 is 33.1 Å². The van der Waals surface area contributed by atoms with E-state index in [0.29, 0.717) is 30.8 Å². The van der Waals surface area contributed by atoms with Gasteiger partial charge < -0.3 is 4.74 Å². The van der Waals surface area contributed by atoms with Crippen molar-refractivity contribution in [2.24, 2.45) is 0 Å². The Morgan fingerprint density at radius 2 is 1.88 bits per heavy atom. The van der Waals surface area contributed by atoms with Crippen molar-refractivity contribution in [2.75, 3.05) is 18.0 Å². The number of thiophene rings is 1. The number of carbonyl (C=O) groups is 1. The molecule has 1 aromatic heterocycles. The van der Waals surface area contributed by atoms with Gasteiger partial charge in [0.25, 0.3) is 0 Å². The number of sulfonamides is 1. The highest BCUT2D eigenvalue weighted by Gasteiger charge is 2.36. The van der Waals surface area contributed by atoms with Crippen LogP contribution in [0.25, 0.3) is 0 Å². The number of ether oxygens (including phenoxy) is 1. The molecule has 0 unspecified atom stereocenters. The maximum Gasteiger partial charge on any atom is 0.414 e. The quantitative estimate of drug-likeness (QED) is 0.823. The fraction of sp³-hybridized carbons (Fsp3) is 0.353. The van der Waals surface area contributed by atoms with E-state index in [0.717, 1.165) is 11.3 Å². The summed E-state index contributed by atoms with van der Waals surface area (Å²) in [6.07, 6.45) is 0.831. The van der Waals surface area contributed by atoms with Crippen LogP contribution in [0.15, 0.2) is 46.0 Å². The fourth-order valence-electron chi connectivity index (χ4n) is 3.41. The average Bonchev–Trinajstić information content (AvgIpc) is 3.17. The summed E-state index contributed by atoms with van der Waals surface area (Å²) in [4.78, 5) is 14.3. The first-order chi connectivity index (χ1) is 12.1. The average molecular weight is 378 g/mol. The Morgan fingerprint density at radius 3 is 2.60 bits per heavy atom. The van der Waals surface area contributed by atoms with Crippen molar-refractivity contribution in [1.82, 2.24) is 4.31 Å². The summed E-state index contributed by atoms with van der Waals surface area (Å²) in [6.45, 7) is 1.08. The van der Waals surface area contributed by atoms with Gasteiger partial charge in [0.15, 0.2) is 0 Å². The first-order valence-electron chi connectivity index (χ1n) is 8.13. The molecule has 1 saturated heterocycles. The van der Waals surface area contributed by atoms with Crippen molar-refractivity contribution in [1.29, 1.82) is 0 Å². The standard InChI is InChI=1S/C17H18N2O4S2/c20-17-19(16-4-2-1-3-13(16)11-23-17)14-5-8-18(9-6-14)25(21,22)15-7-10-24-12-15/h1-4,7,10,12,14H,5-6,8-9,11H2. The van der Waals surface area contributed by atoms with Gasteiger partial charge in [-0.25, -0.2) is 13.2 Å². The number of amides is 1. The molecule has 1 fully saturated rings. The molecule has 0 saturated carbocycles. The van der Waals surface area contributed by atoms with Crippen molar-refractivity contribution in [3.63, 3.8) is 0 Å². The van der Waals surface area contributed by atoms with Crippen LogP contribution in [0.2, 0.25) is 0 Å². The first-order valence-corrected chi connectivity index (χ1v) is 10.5. The SMILES string of the molecule is O=C1OCc2ccccc2N1C1CCN(S(=O)(=O)c2ccsc2)CC1. The number of rotatable bonds is 3. The second-order valence-electron chi connectivity index (χ2n) is 6.15. The summed E-state index contributed by atoms with van der Waals surface area (Å²) >= 11 is 1.37. The molecule has 25 heavy (non-hydrogen) atoms. The molecule has 2 aliphatic heterocycles. The molecular weight excluding hydrogens is 360 g/mol. The van der Waals surface area contributed by atoms with Crippen LogP contribution in [-0.4, -0.2) is 37.9 Å². The van der Waals surface area contributed by atoms with Crippen LogP contribution in [-0.2, 0) is 21.4 Å². The lowest BCUT2D eigenvalue weighted by atomic mass is 10.0. The van der Waals surface area contributed by atoms with Crippen molar-refractivity contribution < 1.29 is 17.9 Å². The molecule has 0 atom stereocenters. The van der Waals surface area contributed by atoms with Gasteiger partial charge >= 0.3 is 6.09 Å². The summed E-state index contributed by atoms with van der Waals surface area (Å²) in [5.41, 5.74) is 1.85. The molecule has 1 aromatic carbocycles. The third kappa shape index (κ3) is 2.94. The van der Waals surface area contributed by atoms with Crippen molar-refractivity contribution in [2.45, 2.75) is 30.4 Å². The van der Waals surface area contributed by atoms with Gasteiger partial charge in [-0.3, -0.25) is 4.90 Å². The smallest absolute Gasteiger partial charge is 0.414 e. The Balaban J connectivity index is 1.52. The van der Waals surface area contributed by atoms with Gasteiger partial charge in [-0.2, -0.15) is 15.6 Å². The Bertz CT molecular complexity index is 872. The van der Waals surface area contributed by atoms with E-state index < -0.39 is 10.0 Å². The lowest BCUT2D eigenvalue weighted by Crippen LogP contribution is -2.50. The number of carbonyl (C=O) groups excluding carboxylic acids is 1. The van der Waals surface area contributed by atoms with E-state index in [1.165, 1.54) is 15.6 Å². The van der Waals surface area contributed by atoms with Gasteiger partial charge in [0, 0.05) is 30.1 Å². The van der Waals surface area contributed by atoms with Gasteiger partial charge in [-0.05, 0) is 30.4 Å². The second kappa shape index (κ2) is 6.44. The van der Waals surface area contributed by atoms with Gasteiger partial charge in [-0.15, -0.1) is 0 Å². The number of hydrogen-bond donors (Lipinski definition) is 0. The van der Waals surface area contributed by atoms with Gasteiger partial charge in [0.05, 0.1) is 10.6 Å². The Labute approximate surface area is 150 Å². The Kier molecular flexibility index (Phi) is 4.26. The highest BCUT2D eigenvalue weighted by molar-refractivity contribution is 7.89. The van der Waals surface area contributed by atoms with E-state index >= 15 is 0 Å². The topological polar surface area (TPSA) is 66.9 Å². The predicted molar refractivity (Wildman–Crippen MR) is 95.2 cm³/mol. The lowest BCUT2D eigenvalue weighted by molar-refractivity contribution is 0.136. The third-order valence-corrected chi connectivity index (χ3v) is 7.45. The Hall–Kier alpha value is -1.90. The second-order valence-corrected chi connectivity index (χ2v) is 8.87. The number of anilines is 1. The molecule has 1 amide bonds. The predicted octanol–water partition coefficient (Wildman–Crippen LogP) is 3.06. The summed E-state index contributed by atoms with van der Waals surface area (Å²) in [6, 6.07) is 9.27. The summed E-state index contributed by atoms with van der Waals surface area (Å²) in [5.74, 6) is 0. The van der Waals surface area contributed by atoms with Crippen LogP contribution in [0.3, 0.4) is 0 Å². The molecule has 0 radical (unpaired) electrons. The van der Waals surface area contributed by atoms with Gasteiger partial charge in [-0.1, -0.05) is 18.2 Å². The van der Waals surface area contributed by atoms with E-state index in [4.69, 9.17) is 4.74 Å². The Morgan fingerprint density at radius 1 is 1.12 bits per heavy atom. The number of benzene rings is 1. The minimum atomic E-state index is -3.44. The molecule has 8 heteroatoms. The number of cyclic esters (lactones) is 1. The maximum absolute atomic E-state index is 12.6. The molecule has 0 spiro atoms. The van der Waals surface area contributed by atoms with Crippen LogP contribution in [0.5, 0.6) is 0 Å². The molecule has 2 aliphatic rings. The van der Waals surface area contributed by atoms with Crippen LogP contribution in [0, 0.1) is 0 Å². The molecule has 0 aliphatic carbocycles. The van der Waals surface area contributed by atoms with E-state index in [-0.39, 0.29) is 18.7 Å². The minimum absolute atomic E-state index is 0.0529. The van der Waals surface area contributed by atoms with Crippen molar-refractivity contribution in [3.8, 4) is 0 Å². The number of piperidine rings is 1. The molecular formula is C17H18N2O4S2. The van der Waals surface area contributed by atoms with E-state index in [9.17, 15) is 13.2 Å². The molecule has 132 valence electrons. The zero-order valence-electron chi connectivity index (χ0n) is 13.5. The summed E-state index contributed by atoms with van der Waals surface area (Å²) < 4.78 is 32.0. The maximum atomic E-state index is 12.6. The van der Waals surface area contributed by atoms with Crippen LogP contribution >= 0.6 is 11.3 Å². The zero-order chi connectivity index (χ0) is 17.4. The van der Waals surface area contributed by atoms with Gasteiger partial charge in [0.1, 0.15) is 6.61 Å². The molecule has 4 rings (SSSR count). The largest absolute Gasteiger partial charge is 0.444 e. The van der Waals surface area contributed by atoms with E-state index in [1.54, 1.807) is 21.7 Å². The number of para-hydroxylation sites is 1. The third-order valence-electron chi connectivity index (χ3n) is 4.72. The number of fused-ring (bicyclic) bond motifs is 1. The number of hydrogen-bond acceptors (Lipinski definition) is 5. The minimum Gasteiger partial charge on any atom is -0.444 e. The molecule has 3 heterocycles. The fourth-order valence-corrected chi connectivity index (χ4v) is 5.89.